The molecule has 1 unspecified atom stereocenters. The second-order valence-electron chi connectivity index (χ2n) is 5.07. The summed E-state index contributed by atoms with van der Waals surface area (Å²) in [5.74, 6) is 1.10. The molecule has 2 aromatic rings. The standard InChI is InChI=1S/C15H16BrN3O/c16-14-3-1-2-12(6-14)13-7-17-15(18-8-13)19-5-4-11(9-19)10-20/h1-3,6-8,11,20H,4-5,9-10H2. The van der Waals surface area contributed by atoms with Crippen LogP contribution >= 0.6 is 15.9 Å². The third-order valence-corrected chi connectivity index (χ3v) is 4.12. The number of anilines is 1. The first kappa shape index (κ1) is 13.5. The van der Waals surface area contributed by atoms with Crippen molar-refractivity contribution in [1.82, 2.24) is 9.97 Å². The van der Waals surface area contributed by atoms with Crippen molar-refractivity contribution in [3.05, 3.63) is 41.1 Å². The molecule has 0 saturated carbocycles. The highest BCUT2D eigenvalue weighted by Crippen LogP contribution is 2.24. The van der Waals surface area contributed by atoms with E-state index in [-0.39, 0.29) is 6.61 Å². The highest BCUT2D eigenvalue weighted by atomic mass is 79.9. The van der Waals surface area contributed by atoms with Crippen LogP contribution in [0.3, 0.4) is 0 Å². The van der Waals surface area contributed by atoms with E-state index in [4.69, 9.17) is 0 Å². The van der Waals surface area contributed by atoms with Crippen LogP contribution in [-0.2, 0) is 0 Å². The molecule has 1 aromatic carbocycles. The molecular weight excluding hydrogens is 318 g/mol. The maximum atomic E-state index is 9.18. The predicted molar refractivity (Wildman–Crippen MR) is 82.6 cm³/mol. The Morgan fingerprint density at radius 1 is 1.25 bits per heavy atom. The third-order valence-electron chi connectivity index (χ3n) is 3.62. The Labute approximate surface area is 126 Å². The van der Waals surface area contributed by atoms with Crippen LogP contribution in [0.1, 0.15) is 6.42 Å². The van der Waals surface area contributed by atoms with Crippen molar-refractivity contribution in [1.29, 1.82) is 0 Å². The van der Waals surface area contributed by atoms with Crippen molar-refractivity contribution in [2.75, 3.05) is 24.6 Å². The number of aliphatic hydroxyl groups is 1. The van der Waals surface area contributed by atoms with Crippen LogP contribution in [-0.4, -0.2) is 34.8 Å². The van der Waals surface area contributed by atoms with Crippen LogP contribution in [0.15, 0.2) is 41.1 Å². The SMILES string of the molecule is OCC1CCN(c2ncc(-c3cccc(Br)c3)cn2)C1. The van der Waals surface area contributed by atoms with Gasteiger partial charge in [-0.3, -0.25) is 0 Å². The Morgan fingerprint density at radius 3 is 2.70 bits per heavy atom. The number of benzene rings is 1. The molecule has 20 heavy (non-hydrogen) atoms. The third kappa shape index (κ3) is 2.83. The molecule has 3 rings (SSSR count). The summed E-state index contributed by atoms with van der Waals surface area (Å²) in [6.45, 7) is 2.00. The smallest absolute Gasteiger partial charge is 0.225 e. The average molecular weight is 334 g/mol. The van der Waals surface area contributed by atoms with Crippen molar-refractivity contribution >= 4 is 21.9 Å². The van der Waals surface area contributed by atoms with Gasteiger partial charge in [-0.05, 0) is 24.1 Å². The van der Waals surface area contributed by atoms with Gasteiger partial charge in [0.15, 0.2) is 0 Å². The zero-order valence-electron chi connectivity index (χ0n) is 11.0. The van der Waals surface area contributed by atoms with E-state index in [2.05, 4.69) is 36.9 Å². The van der Waals surface area contributed by atoms with Gasteiger partial charge in [0.2, 0.25) is 5.95 Å². The molecule has 0 aliphatic carbocycles. The predicted octanol–water partition coefficient (Wildman–Crippen LogP) is 2.72. The molecule has 1 aliphatic rings. The minimum Gasteiger partial charge on any atom is -0.396 e. The van der Waals surface area contributed by atoms with E-state index in [9.17, 15) is 5.11 Å². The highest BCUT2D eigenvalue weighted by Gasteiger charge is 2.23. The van der Waals surface area contributed by atoms with Gasteiger partial charge in [-0.1, -0.05) is 28.1 Å². The zero-order chi connectivity index (χ0) is 13.9. The van der Waals surface area contributed by atoms with Crippen LogP contribution < -0.4 is 4.90 Å². The highest BCUT2D eigenvalue weighted by molar-refractivity contribution is 9.10. The maximum absolute atomic E-state index is 9.18. The molecule has 0 spiro atoms. The summed E-state index contributed by atoms with van der Waals surface area (Å²) in [5.41, 5.74) is 2.11. The van der Waals surface area contributed by atoms with E-state index < -0.39 is 0 Å². The molecule has 1 fully saturated rings. The number of nitrogens with zero attached hydrogens (tertiary/aromatic N) is 3. The lowest BCUT2D eigenvalue weighted by atomic mass is 10.1. The van der Waals surface area contributed by atoms with Crippen LogP contribution in [0.2, 0.25) is 0 Å². The summed E-state index contributed by atoms with van der Waals surface area (Å²) in [7, 11) is 0. The van der Waals surface area contributed by atoms with E-state index in [0.717, 1.165) is 41.1 Å². The van der Waals surface area contributed by atoms with E-state index in [1.165, 1.54) is 0 Å². The first-order valence-electron chi connectivity index (χ1n) is 6.70. The summed E-state index contributed by atoms with van der Waals surface area (Å²) < 4.78 is 1.05. The van der Waals surface area contributed by atoms with Crippen LogP contribution in [0, 0.1) is 5.92 Å². The topological polar surface area (TPSA) is 49.2 Å². The number of halogens is 1. The molecule has 1 aliphatic heterocycles. The lowest BCUT2D eigenvalue weighted by Crippen LogP contribution is -2.22. The summed E-state index contributed by atoms with van der Waals surface area (Å²) in [5, 5.41) is 9.18. The molecule has 0 radical (unpaired) electrons. The Morgan fingerprint density at radius 2 is 2.05 bits per heavy atom. The van der Waals surface area contributed by atoms with Crippen molar-refractivity contribution in [3.8, 4) is 11.1 Å². The van der Waals surface area contributed by atoms with E-state index in [1.54, 1.807) is 0 Å². The first-order chi connectivity index (χ1) is 9.76. The number of rotatable bonds is 3. The molecule has 5 heteroatoms. The fraction of sp³-hybridized carbons (Fsp3) is 0.333. The molecule has 2 heterocycles. The van der Waals surface area contributed by atoms with Crippen LogP contribution in [0.25, 0.3) is 11.1 Å². The van der Waals surface area contributed by atoms with Gasteiger partial charge in [-0.25, -0.2) is 9.97 Å². The molecule has 0 bridgehead atoms. The monoisotopic (exact) mass is 333 g/mol. The average Bonchev–Trinajstić information content (AvgIpc) is 2.96. The van der Waals surface area contributed by atoms with Gasteiger partial charge in [0, 0.05) is 48.0 Å². The molecule has 4 nitrogen and oxygen atoms in total. The van der Waals surface area contributed by atoms with Gasteiger partial charge in [-0.2, -0.15) is 0 Å². The number of hydrogen-bond acceptors (Lipinski definition) is 4. The summed E-state index contributed by atoms with van der Waals surface area (Å²) in [6.07, 6.45) is 4.72. The maximum Gasteiger partial charge on any atom is 0.225 e. The van der Waals surface area contributed by atoms with Crippen LogP contribution in [0.4, 0.5) is 5.95 Å². The Hall–Kier alpha value is -1.46. The fourth-order valence-corrected chi connectivity index (χ4v) is 2.86. The number of hydrogen-bond donors (Lipinski definition) is 1. The van der Waals surface area contributed by atoms with Gasteiger partial charge < -0.3 is 10.0 Å². The lowest BCUT2D eigenvalue weighted by molar-refractivity contribution is 0.238. The summed E-state index contributed by atoms with van der Waals surface area (Å²) in [6, 6.07) is 8.09. The first-order valence-corrected chi connectivity index (χ1v) is 7.49. The fourth-order valence-electron chi connectivity index (χ4n) is 2.46. The number of aliphatic hydroxyl groups excluding tert-OH is 1. The quantitative estimate of drug-likeness (QED) is 0.938. The van der Waals surface area contributed by atoms with Crippen LogP contribution in [0.5, 0.6) is 0 Å². The Balaban J connectivity index is 1.78. The normalized spacial score (nSPS) is 18.5. The molecule has 104 valence electrons. The van der Waals surface area contributed by atoms with Crippen molar-refractivity contribution < 1.29 is 5.11 Å². The molecule has 1 N–H and O–H groups in total. The van der Waals surface area contributed by atoms with Gasteiger partial charge >= 0.3 is 0 Å². The van der Waals surface area contributed by atoms with E-state index >= 15 is 0 Å². The second-order valence-corrected chi connectivity index (χ2v) is 5.98. The lowest BCUT2D eigenvalue weighted by Gasteiger charge is -2.15. The minimum atomic E-state index is 0.243. The molecule has 0 amide bonds. The van der Waals surface area contributed by atoms with Crippen molar-refractivity contribution in [2.24, 2.45) is 5.92 Å². The summed E-state index contributed by atoms with van der Waals surface area (Å²) >= 11 is 3.47. The Kier molecular flexibility index (Phi) is 3.98. The molecule has 1 atom stereocenters. The Bertz CT molecular complexity index is 588. The minimum absolute atomic E-state index is 0.243. The van der Waals surface area contributed by atoms with Gasteiger partial charge in [0.1, 0.15) is 0 Å². The summed E-state index contributed by atoms with van der Waals surface area (Å²) in [4.78, 5) is 11.0. The largest absolute Gasteiger partial charge is 0.396 e. The molecular formula is C15H16BrN3O. The molecule has 1 aromatic heterocycles. The van der Waals surface area contributed by atoms with Gasteiger partial charge in [0.05, 0.1) is 0 Å². The van der Waals surface area contributed by atoms with Gasteiger partial charge in [0.25, 0.3) is 0 Å². The number of aromatic nitrogens is 2. The van der Waals surface area contributed by atoms with E-state index in [1.807, 2.05) is 30.6 Å². The molecule has 1 saturated heterocycles. The zero-order valence-corrected chi connectivity index (χ0v) is 12.6. The van der Waals surface area contributed by atoms with Crippen molar-refractivity contribution in [2.45, 2.75) is 6.42 Å². The second kappa shape index (κ2) is 5.89. The van der Waals surface area contributed by atoms with Crippen molar-refractivity contribution in [3.63, 3.8) is 0 Å². The van der Waals surface area contributed by atoms with E-state index in [0.29, 0.717) is 5.92 Å². The van der Waals surface area contributed by atoms with Gasteiger partial charge in [-0.15, -0.1) is 0 Å².